The number of fused-ring (bicyclic) bond motifs is 1. The zero-order valence-corrected chi connectivity index (χ0v) is 18.5. The molecule has 1 heterocycles. The van der Waals surface area contributed by atoms with Gasteiger partial charge in [-0.3, -0.25) is 9.59 Å². The van der Waals surface area contributed by atoms with E-state index < -0.39 is 18.0 Å². The Bertz CT molecular complexity index is 1150. The summed E-state index contributed by atoms with van der Waals surface area (Å²) < 4.78 is 11.8. The smallest absolute Gasteiger partial charge is 0.360 e. The lowest BCUT2D eigenvalue weighted by atomic mass is 10.1. The fraction of sp³-hybridized carbons (Fsp3) is 0.333. The minimum Gasteiger partial charge on any atom is -0.497 e. The molecule has 1 aromatic heterocycles. The summed E-state index contributed by atoms with van der Waals surface area (Å²) in [6.45, 7) is 3.96. The van der Waals surface area contributed by atoms with Crippen LogP contribution in [0, 0.1) is 0 Å². The van der Waals surface area contributed by atoms with Crippen molar-refractivity contribution in [3.8, 4) is 5.75 Å². The Kier molecular flexibility index (Phi) is 7.59. The van der Waals surface area contributed by atoms with Crippen molar-refractivity contribution in [2.75, 3.05) is 12.4 Å². The van der Waals surface area contributed by atoms with Crippen LogP contribution in [0.5, 0.6) is 5.75 Å². The van der Waals surface area contributed by atoms with E-state index in [0.717, 1.165) is 19.3 Å². The Balaban J connectivity index is 1.79. The Morgan fingerprint density at radius 3 is 2.41 bits per heavy atom. The Morgan fingerprint density at radius 2 is 1.75 bits per heavy atom. The third-order valence-corrected chi connectivity index (χ3v) is 5.05. The standard InChI is InChI=1S/C24H27N3O5/c1-4-5-8-15-27-23(29)20-10-7-6-9-19(20)21(26-27)24(30)32-16(2)22(28)25-17-11-13-18(31-3)14-12-17/h6-7,9-14,16H,4-5,8,15H2,1-3H3,(H,25,28). The van der Waals surface area contributed by atoms with Crippen LogP contribution >= 0.6 is 0 Å². The molecule has 3 aromatic rings. The van der Waals surface area contributed by atoms with Gasteiger partial charge in [-0.15, -0.1) is 0 Å². The van der Waals surface area contributed by atoms with Crippen molar-refractivity contribution in [1.29, 1.82) is 0 Å². The number of rotatable bonds is 9. The average molecular weight is 437 g/mol. The predicted octanol–water partition coefficient (Wildman–Crippen LogP) is 3.78. The number of nitrogens with one attached hydrogen (secondary N) is 1. The molecule has 0 saturated carbocycles. The van der Waals surface area contributed by atoms with Crippen molar-refractivity contribution < 1.29 is 19.1 Å². The second-order valence-corrected chi connectivity index (χ2v) is 7.39. The number of anilines is 1. The summed E-state index contributed by atoms with van der Waals surface area (Å²) in [4.78, 5) is 38.2. The fourth-order valence-electron chi connectivity index (χ4n) is 3.24. The molecule has 0 spiro atoms. The molecule has 0 aliphatic carbocycles. The second-order valence-electron chi connectivity index (χ2n) is 7.39. The first-order valence-corrected chi connectivity index (χ1v) is 10.6. The summed E-state index contributed by atoms with van der Waals surface area (Å²) in [5.74, 6) is -0.582. The van der Waals surface area contributed by atoms with Crippen LogP contribution in [-0.2, 0) is 16.1 Å². The normalized spacial score (nSPS) is 11.7. The van der Waals surface area contributed by atoms with Crippen molar-refractivity contribution in [2.45, 2.75) is 45.8 Å². The van der Waals surface area contributed by atoms with Crippen LogP contribution in [0.15, 0.2) is 53.3 Å². The summed E-state index contributed by atoms with van der Waals surface area (Å²) in [5, 5.41) is 7.76. The van der Waals surface area contributed by atoms with Crippen LogP contribution in [0.3, 0.4) is 0 Å². The van der Waals surface area contributed by atoms with Gasteiger partial charge in [0.15, 0.2) is 11.8 Å². The number of hydrogen-bond acceptors (Lipinski definition) is 6. The maximum atomic E-state index is 12.9. The van der Waals surface area contributed by atoms with Gasteiger partial charge < -0.3 is 14.8 Å². The third-order valence-electron chi connectivity index (χ3n) is 5.05. The fourth-order valence-corrected chi connectivity index (χ4v) is 3.24. The van der Waals surface area contributed by atoms with E-state index >= 15 is 0 Å². The molecule has 1 N–H and O–H groups in total. The first-order chi connectivity index (χ1) is 15.4. The quantitative estimate of drug-likeness (QED) is 0.404. The highest BCUT2D eigenvalue weighted by atomic mass is 16.5. The number of nitrogens with zero attached hydrogens (tertiary/aromatic N) is 2. The van der Waals surface area contributed by atoms with Gasteiger partial charge in [0.2, 0.25) is 0 Å². The predicted molar refractivity (Wildman–Crippen MR) is 122 cm³/mol. The van der Waals surface area contributed by atoms with E-state index in [4.69, 9.17) is 9.47 Å². The summed E-state index contributed by atoms with van der Waals surface area (Å²) in [7, 11) is 1.56. The zero-order valence-electron chi connectivity index (χ0n) is 18.5. The summed E-state index contributed by atoms with van der Waals surface area (Å²) >= 11 is 0. The minimum atomic E-state index is -1.06. The highest BCUT2D eigenvalue weighted by molar-refractivity contribution is 6.03. The van der Waals surface area contributed by atoms with Crippen molar-refractivity contribution in [1.82, 2.24) is 9.78 Å². The number of aromatic nitrogens is 2. The van der Waals surface area contributed by atoms with E-state index in [-0.39, 0.29) is 11.3 Å². The molecule has 0 fully saturated rings. The molecule has 1 unspecified atom stereocenters. The molecule has 0 bridgehead atoms. The number of carbonyl (C=O) groups is 2. The Morgan fingerprint density at radius 1 is 1.06 bits per heavy atom. The molecular weight excluding hydrogens is 410 g/mol. The number of unbranched alkanes of at least 4 members (excludes halogenated alkanes) is 2. The third kappa shape index (κ3) is 5.32. The van der Waals surface area contributed by atoms with Gasteiger partial charge in [0.1, 0.15) is 5.75 Å². The average Bonchev–Trinajstić information content (AvgIpc) is 2.81. The number of aryl methyl sites for hydroxylation is 1. The van der Waals surface area contributed by atoms with Gasteiger partial charge in [0, 0.05) is 17.6 Å². The molecule has 2 aromatic carbocycles. The molecule has 8 heteroatoms. The van der Waals surface area contributed by atoms with Gasteiger partial charge in [-0.25, -0.2) is 9.48 Å². The van der Waals surface area contributed by atoms with E-state index in [2.05, 4.69) is 17.3 Å². The molecule has 0 saturated heterocycles. The maximum absolute atomic E-state index is 12.9. The molecule has 0 radical (unpaired) electrons. The molecule has 8 nitrogen and oxygen atoms in total. The number of esters is 1. The Hall–Kier alpha value is -3.68. The van der Waals surface area contributed by atoms with E-state index in [1.807, 2.05) is 0 Å². The number of amides is 1. The number of ether oxygens (including phenoxy) is 2. The second kappa shape index (κ2) is 10.6. The van der Waals surface area contributed by atoms with Crippen LogP contribution in [0.4, 0.5) is 5.69 Å². The summed E-state index contributed by atoms with van der Waals surface area (Å²) in [6, 6.07) is 13.6. The lowest BCUT2D eigenvalue weighted by molar-refractivity contribution is -0.123. The van der Waals surface area contributed by atoms with Gasteiger partial charge in [-0.05, 0) is 43.7 Å². The van der Waals surface area contributed by atoms with Gasteiger partial charge in [-0.2, -0.15) is 5.10 Å². The van der Waals surface area contributed by atoms with Crippen LogP contribution < -0.4 is 15.6 Å². The topological polar surface area (TPSA) is 99.5 Å². The van der Waals surface area contributed by atoms with E-state index in [1.165, 1.54) is 11.6 Å². The zero-order chi connectivity index (χ0) is 23.1. The Labute approximate surface area is 186 Å². The molecule has 1 atom stereocenters. The van der Waals surface area contributed by atoms with Crippen molar-refractivity contribution in [2.24, 2.45) is 0 Å². The van der Waals surface area contributed by atoms with Crippen molar-refractivity contribution in [3.05, 3.63) is 64.6 Å². The summed E-state index contributed by atoms with van der Waals surface area (Å²) in [6.07, 6.45) is 1.66. The van der Waals surface area contributed by atoms with Gasteiger partial charge >= 0.3 is 5.97 Å². The van der Waals surface area contributed by atoms with Crippen LogP contribution in [0.25, 0.3) is 10.8 Å². The number of methoxy groups -OCH3 is 1. The highest BCUT2D eigenvalue weighted by Gasteiger charge is 2.23. The number of carbonyl (C=O) groups excluding carboxylic acids is 2. The monoisotopic (exact) mass is 437 g/mol. The van der Waals surface area contributed by atoms with Gasteiger partial charge in [0.25, 0.3) is 11.5 Å². The van der Waals surface area contributed by atoms with Crippen molar-refractivity contribution >= 4 is 28.3 Å². The molecule has 168 valence electrons. The molecule has 1 amide bonds. The molecule has 32 heavy (non-hydrogen) atoms. The maximum Gasteiger partial charge on any atom is 0.360 e. The number of benzene rings is 2. The van der Waals surface area contributed by atoms with Crippen LogP contribution in [-0.4, -0.2) is 34.9 Å². The first-order valence-electron chi connectivity index (χ1n) is 10.6. The largest absolute Gasteiger partial charge is 0.497 e. The van der Waals surface area contributed by atoms with E-state index in [0.29, 0.717) is 28.8 Å². The minimum absolute atomic E-state index is 0.0146. The molecule has 3 rings (SSSR count). The molecule has 0 aliphatic rings. The summed E-state index contributed by atoms with van der Waals surface area (Å²) in [5.41, 5.74) is 0.311. The number of hydrogen-bond donors (Lipinski definition) is 1. The first kappa shape index (κ1) is 23.0. The van der Waals surface area contributed by atoms with E-state index in [1.54, 1.807) is 55.6 Å². The van der Waals surface area contributed by atoms with Crippen molar-refractivity contribution in [3.63, 3.8) is 0 Å². The highest BCUT2D eigenvalue weighted by Crippen LogP contribution is 2.17. The lowest BCUT2D eigenvalue weighted by Gasteiger charge is -2.15. The van der Waals surface area contributed by atoms with Crippen LogP contribution in [0.2, 0.25) is 0 Å². The lowest BCUT2D eigenvalue weighted by Crippen LogP contribution is -2.32. The van der Waals surface area contributed by atoms with Crippen LogP contribution in [0.1, 0.15) is 43.6 Å². The SMILES string of the molecule is CCCCCn1nc(C(=O)OC(C)C(=O)Nc2ccc(OC)cc2)c2ccccc2c1=O. The molecular formula is C24H27N3O5. The van der Waals surface area contributed by atoms with Gasteiger partial charge in [-0.1, -0.05) is 38.0 Å². The van der Waals surface area contributed by atoms with Gasteiger partial charge in [0.05, 0.1) is 12.5 Å². The molecule has 0 aliphatic heterocycles. The van der Waals surface area contributed by atoms with E-state index in [9.17, 15) is 14.4 Å².